The number of likely N-dealkylation sites (tertiary alicyclic amines) is 1. The fraction of sp³-hybridized carbons (Fsp3) is 0.571. The maximum Gasteiger partial charge on any atom is 0.418 e. The van der Waals surface area contributed by atoms with Crippen molar-refractivity contribution in [2.75, 3.05) is 31.5 Å². The van der Waals surface area contributed by atoms with Gasteiger partial charge < -0.3 is 10.2 Å². The predicted octanol–water partition coefficient (Wildman–Crippen LogP) is 5.32. The smallest absolute Gasteiger partial charge is 0.370 e. The first kappa shape index (κ1) is 20.5. The third-order valence-corrected chi connectivity index (χ3v) is 6.05. The van der Waals surface area contributed by atoms with Crippen LogP contribution >= 0.6 is 11.6 Å². The Morgan fingerprint density at radius 2 is 1.86 bits per heavy atom. The molecule has 0 unspecified atom stereocenters. The molecule has 0 atom stereocenters. The van der Waals surface area contributed by atoms with Crippen LogP contribution in [0.1, 0.15) is 48.9 Å². The number of hydrogen-bond acceptors (Lipinski definition) is 3. The zero-order chi connectivity index (χ0) is 20.4. The molecule has 3 heterocycles. The molecule has 158 valence electrons. The summed E-state index contributed by atoms with van der Waals surface area (Å²) in [5.74, 6) is 0.698. The molecular weight excluding hydrogens is 401 g/mol. The molecule has 0 spiro atoms. The number of halogens is 4. The number of anilines is 1. The van der Waals surface area contributed by atoms with E-state index in [2.05, 4.69) is 15.3 Å². The normalized spacial score (nSPS) is 18.2. The number of piperidine rings is 1. The van der Waals surface area contributed by atoms with Crippen LogP contribution in [-0.4, -0.2) is 40.9 Å². The van der Waals surface area contributed by atoms with Crippen LogP contribution in [0, 0.1) is 0 Å². The standard InChI is InChI=1S/C21H26ClF3N4/c22-15-7-8-19(17(14-15)21(23,24)25)29-20-16(6-2-3-10-26-20)18(27-29)9-13-28-11-4-1-5-12-28/h7-8,14,26H,1-6,9-13H2. The Balaban J connectivity index is 1.71. The van der Waals surface area contributed by atoms with Crippen molar-refractivity contribution >= 4 is 17.4 Å². The third-order valence-electron chi connectivity index (χ3n) is 5.82. The van der Waals surface area contributed by atoms with Crippen molar-refractivity contribution < 1.29 is 13.2 Å². The second-order valence-corrected chi connectivity index (χ2v) is 8.32. The maximum absolute atomic E-state index is 13.7. The Bertz CT molecular complexity index is 856. The molecule has 2 aliphatic rings. The monoisotopic (exact) mass is 426 g/mol. The Kier molecular flexibility index (Phi) is 6.06. The van der Waals surface area contributed by atoms with Crippen LogP contribution in [0.3, 0.4) is 0 Å². The van der Waals surface area contributed by atoms with Crippen molar-refractivity contribution in [3.8, 4) is 5.69 Å². The Labute approximate surface area is 174 Å². The zero-order valence-corrected chi connectivity index (χ0v) is 17.1. The van der Waals surface area contributed by atoms with Crippen LogP contribution < -0.4 is 5.32 Å². The van der Waals surface area contributed by atoms with Crippen LogP contribution in [0.15, 0.2) is 18.2 Å². The van der Waals surface area contributed by atoms with Crippen LogP contribution in [0.4, 0.5) is 19.0 Å². The summed E-state index contributed by atoms with van der Waals surface area (Å²) in [7, 11) is 0. The Morgan fingerprint density at radius 1 is 1.07 bits per heavy atom. The molecule has 0 bridgehead atoms. The first-order valence-electron chi connectivity index (χ1n) is 10.4. The summed E-state index contributed by atoms with van der Waals surface area (Å²) >= 11 is 5.87. The van der Waals surface area contributed by atoms with E-state index in [1.807, 2.05) is 0 Å². The van der Waals surface area contributed by atoms with Gasteiger partial charge in [-0.2, -0.15) is 18.3 Å². The minimum atomic E-state index is -4.50. The average Bonchev–Trinajstić information content (AvgIpc) is 2.86. The molecule has 1 saturated heterocycles. The fourth-order valence-corrected chi connectivity index (χ4v) is 4.49. The van der Waals surface area contributed by atoms with Gasteiger partial charge in [-0.3, -0.25) is 0 Å². The van der Waals surface area contributed by atoms with E-state index in [9.17, 15) is 13.2 Å². The molecule has 1 fully saturated rings. The van der Waals surface area contributed by atoms with Crippen molar-refractivity contribution in [3.05, 3.63) is 40.0 Å². The van der Waals surface area contributed by atoms with E-state index >= 15 is 0 Å². The molecule has 1 aromatic heterocycles. The van der Waals surface area contributed by atoms with Gasteiger partial charge in [0.15, 0.2) is 0 Å². The number of aromatic nitrogens is 2. The molecule has 4 rings (SSSR count). The lowest BCUT2D eigenvalue weighted by Gasteiger charge is -2.26. The SMILES string of the molecule is FC(F)(F)c1cc(Cl)ccc1-n1nc(CCN2CCCCC2)c2c1NCCCC2. The lowest BCUT2D eigenvalue weighted by Crippen LogP contribution is -2.31. The van der Waals surface area contributed by atoms with E-state index in [0.717, 1.165) is 69.2 Å². The number of alkyl halides is 3. The van der Waals surface area contributed by atoms with Crippen LogP contribution in [-0.2, 0) is 19.0 Å². The molecule has 4 nitrogen and oxygen atoms in total. The van der Waals surface area contributed by atoms with Crippen LogP contribution in [0.25, 0.3) is 5.69 Å². The lowest BCUT2D eigenvalue weighted by molar-refractivity contribution is -0.137. The third kappa shape index (κ3) is 4.56. The Morgan fingerprint density at radius 3 is 2.62 bits per heavy atom. The van der Waals surface area contributed by atoms with Crippen molar-refractivity contribution in [2.24, 2.45) is 0 Å². The van der Waals surface area contributed by atoms with Crippen LogP contribution in [0.5, 0.6) is 0 Å². The van der Waals surface area contributed by atoms with Gasteiger partial charge in [0, 0.05) is 30.1 Å². The molecule has 0 saturated carbocycles. The van der Waals surface area contributed by atoms with Crippen molar-refractivity contribution in [1.82, 2.24) is 14.7 Å². The van der Waals surface area contributed by atoms with E-state index in [0.29, 0.717) is 5.82 Å². The predicted molar refractivity (Wildman–Crippen MR) is 109 cm³/mol. The van der Waals surface area contributed by atoms with Crippen molar-refractivity contribution in [2.45, 2.75) is 51.1 Å². The molecule has 2 aromatic rings. The number of benzene rings is 1. The molecule has 1 N–H and O–H groups in total. The highest BCUT2D eigenvalue weighted by Gasteiger charge is 2.35. The van der Waals surface area contributed by atoms with Gasteiger partial charge in [-0.25, -0.2) is 4.68 Å². The topological polar surface area (TPSA) is 33.1 Å². The summed E-state index contributed by atoms with van der Waals surface area (Å²) in [6.07, 6.45) is 2.81. The average molecular weight is 427 g/mol. The highest BCUT2D eigenvalue weighted by molar-refractivity contribution is 6.30. The minimum absolute atomic E-state index is 0.0248. The largest absolute Gasteiger partial charge is 0.418 e. The first-order valence-corrected chi connectivity index (χ1v) is 10.8. The van der Waals surface area contributed by atoms with E-state index in [1.165, 1.54) is 36.1 Å². The van der Waals surface area contributed by atoms with Gasteiger partial charge in [0.25, 0.3) is 0 Å². The lowest BCUT2D eigenvalue weighted by atomic mass is 10.1. The summed E-state index contributed by atoms with van der Waals surface area (Å²) in [5.41, 5.74) is 1.23. The summed E-state index contributed by atoms with van der Waals surface area (Å²) < 4.78 is 42.5. The molecule has 1 aromatic carbocycles. The molecule has 29 heavy (non-hydrogen) atoms. The molecule has 0 amide bonds. The Hall–Kier alpha value is -1.73. The van der Waals surface area contributed by atoms with Crippen molar-refractivity contribution in [1.29, 1.82) is 0 Å². The quantitative estimate of drug-likeness (QED) is 0.718. The van der Waals surface area contributed by atoms with E-state index in [4.69, 9.17) is 11.6 Å². The highest BCUT2D eigenvalue weighted by Crippen LogP contribution is 2.38. The van der Waals surface area contributed by atoms with Gasteiger partial charge in [-0.1, -0.05) is 18.0 Å². The molecule has 2 aliphatic heterocycles. The molecule has 8 heteroatoms. The number of nitrogens with zero attached hydrogens (tertiary/aromatic N) is 3. The number of fused-ring (bicyclic) bond motifs is 1. The van der Waals surface area contributed by atoms with Gasteiger partial charge in [0.05, 0.1) is 16.9 Å². The van der Waals surface area contributed by atoms with Crippen molar-refractivity contribution in [3.63, 3.8) is 0 Å². The summed E-state index contributed by atoms with van der Waals surface area (Å²) in [6, 6.07) is 3.89. The van der Waals surface area contributed by atoms with Gasteiger partial charge in [0.2, 0.25) is 0 Å². The van der Waals surface area contributed by atoms with E-state index in [1.54, 1.807) is 0 Å². The number of rotatable bonds is 4. The summed E-state index contributed by atoms with van der Waals surface area (Å²) in [6.45, 7) is 3.82. The van der Waals surface area contributed by atoms with Crippen LogP contribution in [0.2, 0.25) is 5.02 Å². The molecule has 0 radical (unpaired) electrons. The van der Waals surface area contributed by atoms with Gasteiger partial charge in [0.1, 0.15) is 5.82 Å². The minimum Gasteiger partial charge on any atom is -0.370 e. The van der Waals surface area contributed by atoms with E-state index < -0.39 is 11.7 Å². The second kappa shape index (κ2) is 8.56. The number of hydrogen-bond donors (Lipinski definition) is 1. The summed E-state index contributed by atoms with van der Waals surface area (Å²) in [5, 5.41) is 8.07. The fourth-order valence-electron chi connectivity index (χ4n) is 4.32. The number of nitrogens with one attached hydrogen (secondary N) is 1. The molecular formula is C21H26ClF3N4. The second-order valence-electron chi connectivity index (χ2n) is 7.88. The van der Waals surface area contributed by atoms with Gasteiger partial charge in [-0.15, -0.1) is 0 Å². The maximum atomic E-state index is 13.7. The van der Waals surface area contributed by atoms with E-state index in [-0.39, 0.29) is 10.7 Å². The highest BCUT2D eigenvalue weighted by atomic mass is 35.5. The zero-order valence-electron chi connectivity index (χ0n) is 16.4. The molecule has 0 aliphatic carbocycles. The van der Waals surface area contributed by atoms with Gasteiger partial charge in [-0.05, 0) is 63.4 Å². The van der Waals surface area contributed by atoms with Gasteiger partial charge >= 0.3 is 6.18 Å². The first-order chi connectivity index (χ1) is 13.9. The summed E-state index contributed by atoms with van der Waals surface area (Å²) in [4.78, 5) is 2.43.